The van der Waals surface area contributed by atoms with Gasteiger partial charge in [-0.1, -0.05) is 18.2 Å². The molecule has 2 heterocycles. The van der Waals surface area contributed by atoms with Crippen LogP contribution < -0.4 is 10.1 Å². The van der Waals surface area contributed by atoms with Crippen LogP contribution in [0.5, 0.6) is 5.75 Å². The average molecular weight is 367 g/mol. The highest BCUT2D eigenvalue weighted by Gasteiger charge is 2.15. The predicted molar refractivity (Wildman–Crippen MR) is 111 cm³/mol. The highest BCUT2D eigenvalue weighted by molar-refractivity contribution is 5.98. The van der Waals surface area contributed by atoms with Crippen LogP contribution in [0, 0.1) is 6.57 Å². The highest BCUT2D eigenvalue weighted by atomic mass is 16.5. The first kappa shape index (κ1) is 17.4. The molecule has 4 rings (SSSR count). The van der Waals surface area contributed by atoms with Gasteiger partial charge in [0.2, 0.25) is 0 Å². The second-order valence-corrected chi connectivity index (χ2v) is 6.12. The summed E-state index contributed by atoms with van der Waals surface area (Å²) in [7, 11) is 3.45. The summed E-state index contributed by atoms with van der Waals surface area (Å²) in [5, 5.41) is 4.00. The minimum atomic E-state index is 0.575. The van der Waals surface area contributed by atoms with Crippen molar-refractivity contribution in [3.05, 3.63) is 72.3 Å². The average Bonchev–Trinajstić information content (AvgIpc) is 2.78. The van der Waals surface area contributed by atoms with E-state index in [1.54, 1.807) is 25.6 Å². The molecule has 0 aliphatic carbocycles. The van der Waals surface area contributed by atoms with Crippen LogP contribution in [-0.2, 0) is 0 Å². The number of rotatable bonds is 4. The molecule has 6 heteroatoms. The molecule has 136 valence electrons. The van der Waals surface area contributed by atoms with Crippen molar-refractivity contribution in [1.29, 1.82) is 0 Å². The fraction of sp³-hybridized carbons (Fsp3) is 0.0909. The maximum absolute atomic E-state index is 7.25. The van der Waals surface area contributed by atoms with Crippen molar-refractivity contribution in [1.82, 2.24) is 15.0 Å². The lowest BCUT2D eigenvalue weighted by Crippen LogP contribution is -2.01. The normalized spacial score (nSPS) is 10.5. The van der Waals surface area contributed by atoms with Gasteiger partial charge >= 0.3 is 0 Å². The van der Waals surface area contributed by atoms with Crippen LogP contribution in [0.15, 0.2) is 60.9 Å². The van der Waals surface area contributed by atoms with Gasteiger partial charge in [-0.25, -0.2) is 14.8 Å². The number of hydrogen-bond acceptors (Lipinski definition) is 5. The summed E-state index contributed by atoms with van der Waals surface area (Å²) in [6.07, 6.45) is 3.45. The van der Waals surface area contributed by atoms with Crippen molar-refractivity contribution < 1.29 is 4.74 Å². The summed E-state index contributed by atoms with van der Waals surface area (Å²) in [6, 6.07) is 15.2. The van der Waals surface area contributed by atoms with E-state index in [1.807, 2.05) is 49.5 Å². The fourth-order valence-electron chi connectivity index (χ4n) is 3.09. The summed E-state index contributed by atoms with van der Waals surface area (Å²) in [5.74, 6) is 1.92. The van der Waals surface area contributed by atoms with E-state index in [2.05, 4.69) is 20.1 Å². The van der Waals surface area contributed by atoms with Gasteiger partial charge in [-0.15, -0.1) is 0 Å². The monoisotopic (exact) mass is 367 g/mol. The van der Waals surface area contributed by atoms with Gasteiger partial charge < -0.3 is 10.1 Å². The van der Waals surface area contributed by atoms with Crippen LogP contribution in [0.2, 0.25) is 0 Å². The number of nitrogens with zero attached hydrogens (tertiary/aromatic N) is 4. The summed E-state index contributed by atoms with van der Waals surface area (Å²) >= 11 is 0. The molecule has 0 atom stereocenters. The quantitative estimate of drug-likeness (QED) is 0.517. The smallest absolute Gasteiger partial charge is 0.187 e. The van der Waals surface area contributed by atoms with Gasteiger partial charge in [-0.3, -0.25) is 4.98 Å². The number of fused-ring (bicyclic) bond motifs is 1. The van der Waals surface area contributed by atoms with Crippen LogP contribution in [0.3, 0.4) is 0 Å². The first-order chi connectivity index (χ1) is 13.7. The van der Waals surface area contributed by atoms with Crippen LogP contribution in [-0.4, -0.2) is 29.1 Å². The number of pyridine rings is 1. The number of hydrogen-bond donors (Lipinski definition) is 1. The molecule has 0 unspecified atom stereocenters. The van der Waals surface area contributed by atoms with Crippen molar-refractivity contribution >= 4 is 22.4 Å². The van der Waals surface area contributed by atoms with E-state index in [9.17, 15) is 0 Å². The van der Waals surface area contributed by atoms with E-state index in [4.69, 9.17) is 16.3 Å². The third-order valence-electron chi connectivity index (χ3n) is 4.45. The van der Waals surface area contributed by atoms with Crippen LogP contribution in [0.1, 0.15) is 0 Å². The van der Waals surface area contributed by atoms with Gasteiger partial charge in [0.25, 0.3) is 0 Å². The van der Waals surface area contributed by atoms with E-state index in [0.717, 1.165) is 22.1 Å². The van der Waals surface area contributed by atoms with Gasteiger partial charge in [0.1, 0.15) is 17.1 Å². The molecule has 6 nitrogen and oxygen atoms in total. The van der Waals surface area contributed by atoms with Crippen molar-refractivity contribution in [3.8, 4) is 28.3 Å². The number of aromatic nitrogens is 3. The number of anilines is 1. The molecule has 0 spiro atoms. The highest BCUT2D eigenvalue weighted by Crippen LogP contribution is 2.36. The lowest BCUT2D eigenvalue weighted by atomic mass is 10.0. The Labute approximate surface area is 162 Å². The maximum atomic E-state index is 7.25. The lowest BCUT2D eigenvalue weighted by Gasteiger charge is -2.13. The number of methoxy groups -OCH3 is 1. The third-order valence-corrected chi connectivity index (χ3v) is 4.45. The molecule has 0 aliphatic rings. The molecule has 2 aromatic heterocycles. The van der Waals surface area contributed by atoms with Gasteiger partial charge in [0, 0.05) is 30.4 Å². The van der Waals surface area contributed by atoms with Gasteiger partial charge in [-0.05, 0) is 41.5 Å². The van der Waals surface area contributed by atoms with E-state index in [-0.39, 0.29) is 0 Å². The molecule has 0 fully saturated rings. The third kappa shape index (κ3) is 3.10. The Morgan fingerprint density at radius 2 is 1.86 bits per heavy atom. The largest absolute Gasteiger partial charge is 0.494 e. The lowest BCUT2D eigenvalue weighted by molar-refractivity contribution is 0.419. The summed E-state index contributed by atoms with van der Waals surface area (Å²) in [4.78, 5) is 17.1. The van der Waals surface area contributed by atoms with Gasteiger partial charge in [0.05, 0.1) is 13.7 Å². The molecule has 4 aromatic rings. The van der Waals surface area contributed by atoms with E-state index in [0.29, 0.717) is 28.6 Å². The number of ether oxygens (including phenoxy) is 1. The molecule has 0 radical (unpaired) electrons. The molecular weight excluding hydrogens is 350 g/mol. The Kier molecular flexibility index (Phi) is 4.56. The minimum absolute atomic E-state index is 0.575. The van der Waals surface area contributed by atoms with Crippen molar-refractivity contribution in [3.63, 3.8) is 0 Å². The van der Waals surface area contributed by atoms with Gasteiger partial charge in [0.15, 0.2) is 11.5 Å². The second kappa shape index (κ2) is 7.33. The zero-order valence-corrected chi connectivity index (χ0v) is 15.5. The Bertz CT molecular complexity index is 1200. The summed E-state index contributed by atoms with van der Waals surface area (Å²) in [5.41, 5.74) is 4.01. The molecule has 2 aromatic carbocycles. The Balaban J connectivity index is 1.97. The van der Waals surface area contributed by atoms with E-state index in [1.165, 1.54) is 0 Å². The summed E-state index contributed by atoms with van der Waals surface area (Å²) < 4.78 is 5.64. The Morgan fingerprint density at radius 3 is 2.57 bits per heavy atom. The zero-order chi connectivity index (χ0) is 19.5. The van der Waals surface area contributed by atoms with E-state index < -0.39 is 0 Å². The van der Waals surface area contributed by atoms with Gasteiger partial charge in [-0.2, -0.15) is 0 Å². The van der Waals surface area contributed by atoms with Crippen LogP contribution in [0.25, 0.3) is 38.3 Å². The molecule has 0 bridgehead atoms. The molecule has 28 heavy (non-hydrogen) atoms. The van der Waals surface area contributed by atoms with Crippen molar-refractivity contribution in [2.75, 3.05) is 19.5 Å². The first-order valence-corrected chi connectivity index (χ1v) is 8.69. The van der Waals surface area contributed by atoms with Crippen LogP contribution in [0.4, 0.5) is 11.5 Å². The standard InChI is InChI=1S/C22H17N5O/c1-23-17-8-4-6-14(10-17)16-11-18-20(19(12-16)28-3)26-21(27-22(18)24-2)15-7-5-9-25-13-15/h4-13H,2-3H3,(H,24,26,27). The maximum Gasteiger partial charge on any atom is 0.187 e. The number of benzene rings is 2. The topological polar surface area (TPSA) is 64.3 Å². The Hall–Kier alpha value is -3.98. The SMILES string of the molecule is [C-]#[N+]c1cccc(-c2cc(OC)c3nc(-c4cccnc4)nc(NC)c3c2)c1. The minimum Gasteiger partial charge on any atom is -0.494 e. The number of nitrogens with one attached hydrogen (secondary N) is 1. The van der Waals surface area contributed by atoms with Crippen molar-refractivity contribution in [2.45, 2.75) is 0 Å². The van der Waals surface area contributed by atoms with Crippen molar-refractivity contribution in [2.24, 2.45) is 0 Å². The van der Waals surface area contributed by atoms with E-state index >= 15 is 0 Å². The fourth-order valence-corrected chi connectivity index (χ4v) is 3.09. The predicted octanol–water partition coefficient (Wildman–Crippen LogP) is 4.96. The Morgan fingerprint density at radius 1 is 1.00 bits per heavy atom. The summed E-state index contributed by atoms with van der Waals surface area (Å²) in [6.45, 7) is 7.25. The zero-order valence-electron chi connectivity index (χ0n) is 15.5. The second-order valence-electron chi connectivity index (χ2n) is 6.12. The molecule has 0 amide bonds. The van der Waals surface area contributed by atoms with Crippen LogP contribution >= 0.6 is 0 Å². The molecule has 0 saturated heterocycles. The molecule has 0 saturated carbocycles. The molecular formula is C22H17N5O. The molecule has 0 aliphatic heterocycles. The first-order valence-electron chi connectivity index (χ1n) is 8.69. The molecule has 1 N–H and O–H groups in total.